The Hall–Kier alpha value is -1.72. The van der Waals surface area contributed by atoms with Crippen LogP contribution in [0.1, 0.15) is 31.2 Å². The Labute approximate surface area is 149 Å². The van der Waals surface area contributed by atoms with Gasteiger partial charge in [-0.1, -0.05) is 18.2 Å². The molecule has 4 rings (SSSR count). The van der Waals surface area contributed by atoms with Crippen LogP contribution in [0.5, 0.6) is 0 Å². The maximum Gasteiger partial charge on any atom is 0.226 e. The number of carbonyl (C=O) groups excluding carboxylic acids is 1. The van der Waals surface area contributed by atoms with Gasteiger partial charge in [-0.05, 0) is 37.3 Å². The lowest BCUT2D eigenvalue weighted by Crippen LogP contribution is -2.57. The molecule has 5 nitrogen and oxygen atoms in total. The second-order valence-electron chi connectivity index (χ2n) is 7.57. The molecule has 5 heteroatoms. The molecule has 3 heterocycles. The standard InChI is InChI=1S/C20H27N3O2/c24-19(18-5-1-2-6-18)23-10-7-20(8-11-23)16-22(12-13-25-20)15-17-4-3-9-21-14-17/h1-4,9,14,18H,5-8,10-13,15-16H2. The number of allylic oxidation sites excluding steroid dienone is 2. The molecular weight excluding hydrogens is 314 g/mol. The first kappa shape index (κ1) is 16.7. The van der Waals surface area contributed by atoms with Crippen molar-refractivity contribution in [3.8, 4) is 0 Å². The Balaban J connectivity index is 1.33. The first-order valence-electron chi connectivity index (χ1n) is 9.43. The predicted octanol–water partition coefficient (Wildman–Crippen LogP) is 2.24. The van der Waals surface area contributed by atoms with Crippen molar-refractivity contribution >= 4 is 5.91 Å². The zero-order valence-corrected chi connectivity index (χ0v) is 14.8. The minimum atomic E-state index is -0.0782. The Bertz CT molecular complexity index is 615. The van der Waals surface area contributed by atoms with Gasteiger partial charge in [-0.2, -0.15) is 0 Å². The number of likely N-dealkylation sites (tertiary alicyclic amines) is 1. The second-order valence-corrected chi connectivity index (χ2v) is 7.57. The van der Waals surface area contributed by atoms with Gasteiger partial charge in [-0.3, -0.25) is 14.7 Å². The lowest BCUT2D eigenvalue weighted by molar-refractivity contribution is -0.153. The summed E-state index contributed by atoms with van der Waals surface area (Å²) in [5.41, 5.74) is 1.17. The highest BCUT2D eigenvalue weighted by Crippen LogP contribution is 2.32. The normalized spacial score (nSPS) is 24.1. The van der Waals surface area contributed by atoms with Crippen molar-refractivity contribution in [1.29, 1.82) is 0 Å². The predicted molar refractivity (Wildman–Crippen MR) is 95.9 cm³/mol. The molecule has 0 unspecified atom stereocenters. The van der Waals surface area contributed by atoms with Crippen molar-refractivity contribution in [2.45, 2.75) is 37.8 Å². The van der Waals surface area contributed by atoms with Gasteiger partial charge in [0.15, 0.2) is 0 Å². The summed E-state index contributed by atoms with van der Waals surface area (Å²) in [6, 6.07) is 4.12. The number of carbonyl (C=O) groups is 1. The van der Waals surface area contributed by atoms with Gasteiger partial charge < -0.3 is 9.64 Å². The summed E-state index contributed by atoms with van der Waals surface area (Å²) in [6.07, 6.45) is 11.7. The number of nitrogens with zero attached hydrogens (tertiary/aromatic N) is 3. The van der Waals surface area contributed by atoms with E-state index in [1.807, 2.05) is 18.5 Å². The van der Waals surface area contributed by atoms with Crippen LogP contribution in [0.3, 0.4) is 0 Å². The van der Waals surface area contributed by atoms with E-state index < -0.39 is 0 Å². The van der Waals surface area contributed by atoms with E-state index in [1.54, 1.807) is 0 Å². The molecule has 1 aromatic heterocycles. The fraction of sp³-hybridized carbons (Fsp3) is 0.600. The van der Waals surface area contributed by atoms with Crippen molar-refractivity contribution < 1.29 is 9.53 Å². The number of hydrogen-bond donors (Lipinski definition) is 0. The molecule has 0 bridgehead atoms. The van der Waals surface area contributed by atoms with E-state index in [0.717, 1.165) is 65.0 Å². The minimum Gasteiger partial charge on any atom is -0.372 e. The van der Waals surface area contributed by atoms with Gasteiger partial charge in [-0.15, -0.1) is 0 Å². The lowest BCUT2D eigenvalue weighted by Gasteiger charge is -2.47. The van der Waals surface area contributed by atoms with E-state index in [-0.39, 0.29) is 11.5 Å². The molecule has 1 spiro atoms. The minimum absolute atomic E-state index is 0.0782. The number of hydrogen-bond acceptors (Lipinski definition) is 4. The van der Waals surface area contributed by atoms with E-state index in [9.17, 15) is 4.79 Å². The molecule has 134 valence electrons. The summed E-state index contributed by atoms with van der Waals surface area (Å²) < 4.78 is 6.22. The first-order valence-corrected chi connectivity index (χ1v) is 9.43. The van der Waals surface area contributed by atoms with E-state index in [2.05, 4.69) is 33.0 Å². The van der Waals surface area contributed by atoms with E-state index in [4.69, 9.17) is 4.74 Å². The van der Waals surface area contributed by atoms with Crippen LogP contribution in [0.4, 0.5) is 0 Å². The molecule has 0 aromatic carbocycles. The Kier molecular flexibility index (Phi) is 4.86. The summed E-state index contributed by atoms with van der Waals surface area (Å²) in [4.78, 5) is 21.4. The SMILES string of the molecule is O=C(C1CC=CC1)N1CCC2(CC1)CN(Cc1cccnc1)CCO2. The van der Waals surface area contributed by atoms with Gasteiger partial charge in [0.25, 0.3) is 0 Å². The topological polar surface area (TPSA) is 45.7 Å². The molecule has 0 atom stereocenters. The fourth-order valence-corrected chi connectivity index (χ4v) is 4.32. The molecule has 1 amide bonds. The van der Waals surface area contributed by atoms with Gasteiger partial charge in [0.2, 0.25) is 5.91 Å². The van der Waals surface area contributed by atoms with Crippen molar-refractivity contribution in [2.75, 3.05) is 32.8 Å². The molecule has 0 radical (unpaired) electrons. The molecule has 1 aromatic rings. The number of morpholine rings is 1. The third-order valence-electron chi connectivity index (χ3n) is 5.80. The van der Waals surface area contributed by atoms with Crippen molar-refractivity contribution in [2.24, 2.45) is 5.92 Å². The molecule has 0 saturated carbocycles. The zero-order chi connectivity index (χ0) is 17.1. The average molecular weight is 341 g/mol. The van der Waals surface area contributed by atoms with E-state index >= 15 is 0 Å². The van der Waals surface area contributed by atoms with Crippen LogP contribution in [0.15, 0.2) is 36.7 Å². The quantitative estimate of drug-likeness (QED) is 0.791. The summed E-state index contributed by atoms with van der Waals surface area (Å²) >= 11 is 0. The molecule has 2 saturated heterocycles. The van der Waals surface area contributed by atoms with Gasteiger partial charge in [0.05, 0.1) is 12.2 Å². The van der Waals surface area contributed by atoms with Crippen molar-refractivity contribution in [1.82, 2.24) is 14.8 Å². The highest BCUT2D eigenvalue weighted by Gasteiger charge is 2.41. The maximum atomic E-state index is 12.6. The summed E-state index contributed by atoms with van der Waals surface area (Å²) in [7, 11) is 0. The third kappa shape index (κ3) is 3.77. The summed E-state index contributed by atoms with van der Waals surface area (Å²) in [5, 5.41) is 0. The van der Waals surface area contributed by atoms with Gasteiger partial charge in [0, 0.05) is 51.0 Å². The molecule has 2 aliphatic heterocycles. The van der Waals surface area contributed by atoms with E-state index in [0.29, 0.717) is 5.91 Å². The van der Waals surface area contributed by atoms with Crippen LogP contribution in [-0.2, 0) is 16.1 Å². The van der Waals surface area contributed by atoms with Crippen LogP contribution in [0, 0.1) is 5.92 Å². The highest BCUT2D eigenvalue weighted by atomic mass is 16.5. The number of aromatic nitrogens is 1. The van der Waals surface area contributed by atoms with Crippen LogP contribution in [0.2, 0.25) is 0 Å². The second kappa shape index (κ2) is 7.26. The zero-order valence-electron chi connectivity index (χ0n) is 14.8. The Morgan fingerprint density at radius 2 is 2.04 bits per heavy atom. The monoisotopic (exact) mass is 341 g/mol. The molecule has 3 aliphatic rings. The number of ether oxygens (including phenoxy) is 1. The molecule has 0 N–H and O–H groups in total. The summed E-state index contributed by atoms with van der Waals surface area (Å²) in [6.45, 7) is 5.28. The van der Waals surface area contributed by atoms with Crippen LogP contribution in [0.25, 0.3) is 0 Å². The van der Waals surface area contributed by atoms with Crippen LogP contribution >= 0.6 is 0 Å². The average Bonchev–Trinajstić information content (AvgIpc) is 3.18. The van der Waals surface area contributed by atoms with Gasteiger partial charge in [0.1, 0.15) is 0 Å². The highest BCUT2D eigenvalue weighted by molar-refractivity contribution is 5.79. The molecule has 25 heavy (non-hydrogen) atoms. The van der Waals surface area contributed by atoms with Crippen LogP contribution in [-0.4, -0.2) is 59.1 Å². The Morgan fingerprint density at radius 3 is 2.76 bits per heavy atom. The smallest absolute Gasteiger partial charge is 0.226 e. The number of piperidine rings is 1. The summed E-state index contributed by atoms with van der Waals surface area (Å²) in [5.74, 6) is 0.520. The van der Waals surface area contributed by atoms with Crippen LogP contribution < -0.4 is 0 Å². The molecule has 1 aliphatic carbocycles. The van der Waals surface area contributed by atoms with E-state index in [1.165, 1.54) is 5.56 Å². The molecule has 2 fully saturated rings. The maximum absolute atomic E-state index is 12.6. The third-order valence-corrected chi connectivity index (χ3v) is 5.80. The number of rotatable bonds is 3. The molecular formula is C20H27N3O2. The fourth-order valence-electron chi connectivity index (χ4n) is 4.32. The van der Waals surface area contributed by atoms with Gasteiger partial charge >= 0.3 is 0 Å². The van der Waals surface area contributed by atoms with Crippen molar-refractivity contribution in [3.63, 3.8) is 0 Å². The Morgan fingerprint density at radius 1 is 1.24 bits per heavy atom. The first-order chi connectivity index (χ1) is 12.2. The van der Waals surface area contributed by atoms with Gasteiger partial charge in [-0.25, -0.2) is 0 Å². The largest absolute Gasteiger partial charge is 0.372 e. The number of pyridine rings is 1. The number of amides is 1. The van der Waals surface area contributed by atoms with Crippen molar-refractivity contribution in [3.05, 3.63) is 42.2 Å². The lowest BCUT2D eigenvalue weighted by atomic mass is 9.88.